The molecule has 0 radical (unpaired) electrons. The van der Waals surface area contributed by atoms with Gasteiger partial charge in [0.2, 0.25) is 0 Å². The van der Waals surface area contributed by atoms with Crippen molar-refractivity contribution in [2.75, 3.05) is 7.05 Å². The van der Waals surface area contributed by atoms with E-state index in [4.69, 9.17) is 4.74 Å². The summed E-state index contributed by atoms with van der Waals surface area (Å²) in [7, 11) is 1.60. The molecule has 76 valence electrons. The maximum Gasteiger partial charge on any atom is 0.260 e. The summed E-state index contributed by atoms with van der Waals surface area (Å²) in [5, 5.41) is 2.54. The van der Waals surface area contributed by atoms with E-state index in [0.717, 1.165) is 11.3 Å². The Morgan fingerprint density at radius 1 is 1.50 bits per heavy atom. The Labute approximate surface area is 84.1 Å². The second-order valence-corrected chi connectivity index (χ2v) is 3.19. The smallest absolute Gasteiger partial charge is 0.260 e. The molecule has 3 nitrogen and oxygen atoms in total. The Bertz CT molecular complexity index is 323. The summed E-state index contributed by atoms with van der Waals surface area (Å²) in [6.07, 6.45) is -0.457. The molecular weight excluding hydrogens is 178 g/mol. The molecule has 3 heteroatoms. The molecule has 0 saturated carbocycles. The molecule has 1 rings (SSSR count). The largest absolute Gasteiger partial charge is 0.481 e. The molecule has 14 heavy (non-hydrogen) atoms. The summed E-state index contributed by atoms with van der Waals surface area (Å²) in [5.41, 5.74) is 1.12. The van der Waals surface area contributed by atoms with E-state index >= 15 is 0 Å². The number of amides is 1. The van der Waals surface area contributed by atoms with Gasteiger partial charge in [-0.3, -0.25) is 4.79 Å². The summed E-state index contributed by atoms with van der Waals surface area (Å²) in [4.78, 5) is 11.2. The molecule has 1 aromatic carbocycles. The van der Waals surface area contributed by atoms with Gasteiger partial charge in [-0.25, -0.2) is 0 Å². The van der Waals surface area contributed by atoms with Crippen molar-refractivity contribution in [2.24, 2.45) is 0 Å². The second kappa shape index (κ2) is 4.65. The van der Waals surface area contributed by atoms with Crippen LogP contribution in [0.25, 0.3) is 0 Å². The highest BCUT2D eigenvalue weighted by Gasteiger charge is 2.11. The molecule has 0 unspecified atom stereocenters. The van der Waals surface area contributed by atoms with E-state index in [9.17, 15) is 4.79 Å². The topological polar surface area (TPSA) is 38.3 Å². The van der Waals surface area contributed by atoms with E-state index in [1.54, 1.807) is 14.0 Å². The maximum absolute atomic E-state index is 11.2. The predicted molar refractivity (Wildman–Crippen MR) is 55.3 cm³/mol. The van der Waals surface area contributed by atoms with Crippen LogP contribution in [-0.2, 0) is 4.79 Å². The van der Waals surface area contributed by atoms with Crippen LogP contribution in [0.4, 0.5) is 0 Å². The number of carbonyl (C=O) groups is 1. The van der Waals surface area contributed by atoms with Crippen molar-refractivity contribution in [2.45, 2.75) is 20.0 Å². The van der Waals surface area contributed by atoms with E-state index in [1.165, 1.54) is 0 Å². The predicted octanol–water partition coefficient (Wildman–Crippen LogP) is 1.51. The zero-order valence-electron chi connectivity index (χ0n) is 8.70. The van der Waals surface area contributed by atoms with Gasteiger partial charge in [0.15, 0.2) is 6.10 Å². The lowest BCUT2D eigenvalue weighted by atomic mass is 10.2. The van der Waals surface area contributed by atoms with Gasteiger partial charge in [0, 0.05) is 7.05 Å². The van der Waals surface area contributed by atoms with Crippen LogP contribution in [0.5, 0.6) is 5.75 Å². The van der Waals surface area contributed by atoms with Gasteiger partial charge in [-0.05, 0) is 31.5 Å². The Hall–Kier alpha value is -1.51. The third-order valence-corrected chi connectivity index (χ3v) is 1.92. The molecular formula is C11H15NO2. The fourth-order valence-electron chi connectivity index (χ4n) is 1.15. The van der Waals surface area contributed by atoms with Crippen LogP contribution in [0.1, 0.15) is 12.5 Å². The van der Waals surface area contributed by atoms with Gasteiger partial charge in [0.25, 0.3) is 5.91 Å². The van der Waals surface area contributed by atoms with Crippen LogP contribution in [0.2, 0.25) is 0 Å². The minimum atomic E-state index is -0.457. The summed E-state index contributed by atoms with van der Waals surface area (Å²) in [5.74, 6) is 0.604. The first-order valence-corrected chi connectivity index (χ1v) is 4.58. The molecule has 0 aliphatic carbocycles. The first kappa shape index (κ1) is 10.6. The van der Waals surface area contributed by atoms with Gasteiger partial charge in [-0.1, -0.05) is 12.1 Å². The summed E-state index contributed by atoms with van der Waals surface area (Å²) >= 11 is 0. The minimum absolute atomic E-state index is 0.119. The zero-order chi connectivity index (χ0) is 10.6. The Morgan fingerprint density at radius 3 is 2.79 bits per heavy atom. The van der Waals surface area contributed by atoms with Crippen LogP contribution in [0.3, 0.4) is 0 Å². The number of carbonyl (C=O) groups excluding carboxylic acids is 1. The van der Waals surface area contributed by atoms with E-state index in [0.29, 0.717) is 0 Å². The third kappa shape index (κ3) is 2.76. The molecule has 1 N–H and O–H groups in total. The lowest BCUT2D eigenvalue weighted by Gasteiger charge is -2.13. The van der Waals surface area contributed by atoms with Crippen LogP contribution < -0.4 is 10.1 Å². The number of nitrogens with one attached hydrogen (secondary N) is 1. The highest BCUT2D eigenvalue weighted by molar-refractivity contribution is 5.80. The normalized spacial score (nSPS) is 11.9. The maximum atomic E-state index is 11.2. The monoisotopic (exact) mass is 193 g/mol. The lowest BCUT2D eigenvalue weighted by molar-refractivity contribution is -0.126. The van der Waals surface area contributed by atoms with Crippen molar-refractivity contribution in [1.29, 1.82) is 0 Å². The number of aryl methyl sites for hydroxylation is 1. The molecule has 1 aromatic rings. The number of hydrogen-bond acceptors (Lipinski definition) is 2. The molecule has 0 aromatic heterocycles. The average molecular weight is 193 g/mol. The van der Waals surface area contributed by atoms with Gasteiger partial charge in [0.1, 0.15) is 5.75 Å². The van der Waals surface area contributed by atoms with Crippen LogP contribution in [0.15, 0.2) is 24.3 Å². The fourth-order valence-corrected chi connectivity index (χ4v) is 1.15. The molecule has 0 fully saturated rings. The fraction of sp³-hybridized carbons (Fsp3) is 0.364. The standard InChI is InChI=1S/C11H15NO2/c1-8-5-4-6-10(7-8)14-9(2)11(13)12-3/h4-7,9H,1-3H3,(H,12,13)/t9-/m1/s1. The van der Waals surface area contributed by atoms with Gasteiger partial charge >= 0.3 is 0 Å². The molecule has 1 amide bonds. The van der Waals surface area contributed by atoms with Crippen molar-refractivity contribution < 1.29 is 9.53 Å². The zero-order valence-corrected chi connectivity index (χ0v) is 8.70. The van der Waals surface area contributed by atoms with Crippen molar-refractivity contribution in [3.05, 3.63) is 29.8 Å². The molecule has 0 aliphatic heterocycles. The van der Waals surface area contributed by atoms with Gasteiger partial charge in [-0.2, -0.15) is 0 Å². The second-order valence-electron chi connectivity index (χ2n) is 3.19. The Kier molecular flexibility index (Phi) is 3.51. The number of ether oxygens (including phenoxy) is 1. The number of rotatable bonds is 3. The Morgan fingerprint density at radius 2 is 2.21 bits per heavy atom. The Balaban J connectivity index is 2.64. The van der Waals surface area contributed by atoms with E-state index in [2.05, 4.69) is 5.32 Å². The third-order valence-electron chi connectivity index (χ3n) is 1.92. The number of benzene rings is 1. The highest BCUT2D eigenvalue weighted by Crippen LogP contribution is 2.13. The molecule has 0 heterocycles. The number of hydrogen-bond donors (Lipinski definition) is 1. The van der Waals surface area contributed by atoms with Crippen molar-refractivity contribution in [3.8, 4) is 5.75 Å². The van der Waals surface area contributed by atoms with Gasteiger partial charge in [-0.15, -0.1) is 0 Å². The van der Waals surface area contributed by atoms with Gasteiger partial charge < -0.3 is 10.1 Å². The van der Waals surface area contributed by atoms with E-state index in [1.807, 2.05) is 31.2 Å². The van der Waals surface area contributed by atoms with Gasteiger partial charge in [0.05, 0.1) is 0 Å². The molecule has 0 bridgehead atoms. The van der Waals surface area contributed by atoms with Crippen molar-refractivity contribution in [3.63, 3.8) is 0 Å². The molecule has 1 atom stereocenters. The summed E-state index contributed by atoms with van der Waals surface area (Å²) in [6, 6.07) is 7.63. The summed E-state index contributed by atoms with van der Waals surface area (Å²) < 4.78 is 5.44. The highest BCUT2D eigenvalue weighted by atomic mass is 16.5. The molecule has 0 saturated heterocycles. The summed E-state index contributed by atoms with van der Waals surface area (Å²) in [6.45, 7) is 3.71. The van der Waals surface area contributed by atoms with E-state index in [-0.39, 0.29) is 5.91 Å². The van der Waals surface area contributed by atoms with Crippen LogP contribution in [0, 0.1) is 6.92 Å². The molecule has 0 spiro atoms. The molecule has 0 aliphatic rings. The quantitative estimate of drug-likeness (QED) is 0.790. The van der Waals surface area contributed by atoms with Crippen molar-refractivity contribution >= 4 is 5.91 Å². The van der Waals surface area contributed by atoms with Crippen LogP contribution >= 0.6 is 0 Å². The average Bonchev–Trinajstić information content (AvgIpc) is 2.16. The first-order chi connectivity index (χ1) is 6.63. The lowest BCUT2D eigenvalue weighted by Crippen LogP contribution is -2.33. The SMILES string of the molecule is CNC(=O)[C@@H](C)Oc1cccc(C)c1. The van der Waals surface area contributed by atoms with Crippen LogP contribution in [-0.4, -0.2) is 19.1 Å². The minimum Gasteiger partial charge on any atom is -0.481 e. The number of likely N-dealkylation sites (N-methyl/N-ethyl adjacent to an activating group) is 1. The van der Waals surface area contributed by atoms with Crippen molar-refractivity contribution in [1.82, 2.24) is 5.32 Å². The van der Waals surface area contributed by atoms with E-state index < -0.39 is 6.10 Å². The first-order valence-electron chi connectivity index (χ1n) is 4.58.